The van der Waals surface area contributed by atoms with E-state index in [-0.39, 0.29) is 24.4 Å². The molecule has 7 nitrogen and oxygen atoms in total. The van der Waals surface area contributed by atoms with Crippen LogP contribution in [0.5, 0.6) is 0 Å². The van der Waals surface area contributed by atoms with Crippen molar-refractivity contribution in [1.82, 2.24) is 5.32 Å². The standard InChI is InChI=1S/C13H16N2O5S/c1-21-11-3-2-9(6-10(11)15(18)19)12(16)14-7-13(17)4-5-20-8-13/h2-3,6,17H,4-5,7-8H2,1H3,(H,14,16). The number of nitrogens with one attached hydrogen (secondary N) is 1. The van der Waals surface area contributed by atoms with Crippen molar-refractivity contribution in [2.24, 2.45) is 0 Å². The van der Waals surface area contributed by atoms with Gasteiger partial charge in [0.05, 0.1) is 16.4 Å². The maximum Gasteiger partial charge on any atom is 0.283 e. The number of nitrogens with zero attached hydrogens (tertiary/aromatic N) is 1. The molecule has 1 amide bonds. The zero-order chi connectivity index (χ0) is 15.5. The number of hydrogen-bond acceptors (Lipinski definition) is 6. The highest BCUT2D eigenvalue weighted by molar-refractivity contribution is 7.98. The molecular weight excluding hydrogens is 296 g/mol. The third-order valence-corrected chi connectivity index (χ3v) is 4.08. The number of hydrogen-bond donors (Lipinski definition) is 2. The van der Waals surface area contributed by atoms with Gasteiger partial charge in [0.15, 0.2) is 0 Å². The average molecular weight is 312 g/mol. The Bertz CT molecular complexity index is 557. The van der Waals surface area contributed by atoms with E-state index in [0.717, 1.165) is 0 Å². The predicted octanol–water partition coefficient (Wildman–Crippen LogP) is 1.20. The quantitative estimate of drug-likeness (QED) is 0.481. The van der Waals surface area contributed by atoms with Gasteiger partial charge in [0.25, 0.3) is 11.6 Å². The van der Waals surface area contributed by atoms with E-state index < -0.39 is 16.4 Å². The predicted molar refractivity (Wildman–Crippen MR) is 77.6 cm³/mol. The van der Waals surface area contributed by atoms with E-state index >= 15 is 0 Å². The van der Waals surface area contributed by atoms with Crippen LogP contribution in [0.4, 0.5) is 5.69 Å². The van der Waals surface area contributed by atoms with Gasteiger partial charge < -0.3 is 15.2 Å². The SMILES string of the molecule is CSc1ccc(C(=O)NCC2(O)CCOC2)cc1[N+](=O)[O-]. The summed E-state index contributed by atoms with van der Waals surface area (Å²) in [5.41, 5.74) is -0.957. The summed E-state index contributed by atoms with van der Waals surface area (Å²) < 4.78 is 5.09. The Morgan fingerprint density at radius 3 is 2.95 bits per heavy atom. The monoisotopic (exact) mass is 312 g/mol. The van der Waals surface area contributed by atoms with Gasteiger partial charge in [-0.15, -0.1) is 11.8 Å². The van der Waals surface area contributed by atoms with Crippen LogP contribution in [-0.4, -0.2) is 47.6 Å². The summed E-state index contributed by atoms with van der Waals surface area (Å²) in [6, 6.07) is 4.32. The average Bonchev–Trinajstić information content (AvgIpc) is 2.91. The first-order chi connectivity index (χ1) is 9.95. The number of rotatable bonds is 5. The first-order valence-corrected chi connectivity index (χ1v) is 7.58. The van der Waals surface area contributed by atoms with Crippen molar-refractivity contribution in [1.29, 1.82) is 0 Å². The van der Waals surface area contributed by atoms with Crippen LogP contribution < -0.4 is 5.32 Å². The second kappa shape index (κ2) is 6.42. The lowest BCUT2D eigenvalue weighted by molar-refractivity contribution is -0.387. The molecule has 0 bridgehead atoms. The Labute approximate surface area is 125 Å². The van der Waals surface area contributed by atoms with Crippen molar-refractivity contribution in [3.05, 3.63) is 33.9 Å². The van der Waals surface area contributed by atoms with Gasteiger partial charge >= 0.3 is 0 Å². The summed E-state index contributed by atoms with van der Waals surface area (Å²) in [6.45, 7) is 0.697. The first kappa shape index (κ1) is 15.7. The molecule has 114 valence electrons. The second-order valence-electron chi connectivity index (χ2n) is 4.85. The lowest BCUT2D eigenvalue weighted by Gasteiger charge is -2.20. The van der Waals surface area contributed by atoms with Crippen molar-refractivity contribution >= 4 is 23.4 Å². The molecule has 1 aromatic carbocycles. The van der Waals surface area contributed by atoms with E-state index in [9.17, 15) is 20.0 Å². The van der Waals surface area contributed by atoms with Gasteiger partial charge in [0.1, 0.15) is 5.60 Å². The fourth-order valence-corrected chi connectivity index (χ4v) is 2.60. The highest BCUT2D eigenvalue weighted by atomic mass is 32.2. The van der Waals surface area contributed by atoms with Gasteiger partial charge in [0.2, 0.25) is 0 Å². The minimum absolute atomic E-state index is 0.0594. The minimum atomic E-state index is -1.05. The topological polar surface area (TPSA) is 102 Å². The Kier molecular flexibility index (Phi) is 4.81. The number of nitro benzene ring substituents is 1. The van der Waals surface area contributed by atoms with Crippen LogP contribution in [0, 0.1) is 10.1 Å². The van der Waals surface area contributed by atoms with Crippen LogP contribution in [0.3, 0.4) is 0 Å². The largest absolute Gasteiger partial charge is 0.386 e. The zero-order valence-corrected chi connectivity index (χ0v) is 12.3. The molecule has 1 fully saturated rings. The normalized spacial score (nSPS) is 21.2. The van der Waals surface area contributed by atoms with Gasteiger partial charge in [-0.25, -0.2) is 0 Å². The molecule has 1 saturated heterocycles. The van der Waals surface area contributed by atoms with E-state index in [2.05, 4.69) is 5.32 Å². The van der Waals surface area contributed by atoms with Crippen molar-refractivity contribution in [3.8, 4) is 0 Å². The molecule has 0 aromatic heterocycles. The number of nitro groups is 1. The van der Waals surface area contributed by atoms with Crippen LogP contribution in [0.25, 0.3) is 0 Å². The van der Waals surface area contributed by atoms with Gasteiger partial charge in [0, 0.05) is 31.2 Å². The number of aliphatic hydroxyl groups is 1. The van der Waals surface area contributed by atoms with Crippen LogP contribution in [-0.2, 0) is 4.74 Å². The number of carbonyl (C=O) groups excluding carboxylic acids is 1. The highest BCUT2D eigenvalue weighted by Gasteiger charge is 2.32. The van der Waals surface area contributed by atoms with Crippen molar-refractivity contribution in [2.45, 2.75) is 16.9 Å². The number of thioether (sulfide) groups is 1. The van der Waals surface area contributed by atoms with Crippen molar-refractivity contribution in [3.63, 3.8) is 0 Å². The Balaban J connectivity index is 2.08. The molecule has 2 rings (SSSR count). The van der Waals surface area contributed by atoms with Crippen LogP contribution >= 0.6 is 11.8 Å². The molecule has 0 spiro atoms. The number of ether oxygens (including phenoxy) is 1. The van der Waals surface area contributed by atoms with Crippen molar-refractivity contribution < 1.29 is 19.6 Å². The lowest BCUT2D eigenvalue weighted by Crippen LogP contribution is -2.43. The van der Waals surface area contributed by atoms with Crippen molar-refractivity contribution in [2.75, 3.05) is 26.0 Å². The van der Waals surface area contributed by atoms with E-state index in [4.69, 9.17) is 4.74 Å². The molecule has 0 saturated carbocycles. The summed E-state index contributed by atoms with van der Waals surface area (Å²) in [4.78, 5) is 23.0. The molecule has 1 aliphatic heterocycles. The van der Waals surface area contributed by atoms with Gasteiger partial charge in [-0.1, -0.05) is 0 Å². The summed E-state index contributed by atoms with van der Waals surface area (Å²) in [5.74, 6) is -0.453. The third kappa shape index (κ3) is 3.72. The fourth-order valence-electron chi connectivity index (χ4n) is 2.06. The Morgan fingerprint density at radius 1 is 1.62 bits per heavy atom. The summed E-state index contributed by atoms with van der Waals surface area (Å²) in [6.07, 6.45) is 2.19. The molecular formula is C13H16N2O5S. The smallest absolute Gasteiger partial charge is 0.283 e. The Hall–Kier alpha value is -1.64. The van der Waals surface area contributed by atoms with Gasteiger partial charge in [-0.05, 0) is 18.4 Å². The van der Waals surface area contributed by atoms with E-state index in [0.29, 0.717) is 17.9 Å². The molecule has 0 aliphatic carbocycles. The molecule has 1 atom stereocenters. The molecule has 1 heterocycles. The third-order valence-electron chi connectivity index (χ3n) is 3.30. The lowest BCUT2D eigenvalue weighted by atomic mass is 10.0. The number of benzene rings is 1. The highest BCUT2D eigenvalue weighted by Crippen LogP contribution is 2.28. The molecule has 1 aliphatic rings. The zero-order valence-electron chi connectivity index (χ0n) is 11.5. The molecule has 2 N–H and O–H groups in total. The van der Waals surface area contributed by atoms with Gasteiger partial charge in [-0.2, -0.15) is 0 Å². The first-order valence-electron chi connectivity index (χ1n) is 6.36. The summed E-state index contributed by atoms with van der Waals surface area (Å²) >= 11 is 1.25. The maximum atomic E-state index is 12.0. The number of carbonyl (C=O) groups is 1. The second-order valence-corrected chi connectivity index (χ2v) is 5.70. The molecule has 8 heteroatoms. The van der Waals surface area contributed by atoms with Crippen LogP contribution in [0.1, 0.15) is 16.8 Å². The maximum absolute atomic E-state index is 12.0. The molecule has 21 heavy (non-hydrogen) atoms. The minimum Gasteiger partial charge on any atom is -0.386 e. The van der Waals surface area contributed by atoms with Crippen LogP contribution in [0.2, 0.25) is 0 Å². The van der Waals surface area contributed by atoms with E-state index in [1.54, 1.807) is 12.3 Å². The van der Waals surface area contributed by atoms with E-state index in [1.165, 1.54) is 23.9 Å². The fraction of sp³-hybridized carbons (Fsp3) is 0.462. The Morgan fingerprint density at radius 2 is 2.38 bits per heavy atom. The van der Waals surface area contributed by atoms with Crippen LogP contribution in [0.15, 0.2) is 23.1 Å². The summed E-state index contributed by atoms with van der Waals surface area (Å²) in [7, 11) is 0. The molecule has 1 unspecified atom stereocenters. The number of amides is 1. The molecule has 0 radical (unpaired) electrons. The van der Waals surface area contributed by atoms with Gasteiger partial charge in [-0.3, -0.25) is 14.9 Å². The summed E-state index contributed by atoms with van der Waals surface area (Å²) in [5, 5.41) is 23.6. The van der Waals surface area contributed by atoms with E-state index in [1.807, 2.05) is 0 Å². The molecule has 1 aromatic rings.